The lowest BCUT2D eigenvalue weighted by Gasteiger charge is -2.12. The molecule has 0 saturated heterocycles. The van der Waals surface area contributed by atoms with Crippen LogP contribution in [0.1, 0.15) is 11.1 Å². The Balaban J connectivity index is 1.76. The van der Waals surface area contributed by atoms with E-state index in [0.29, 0.717) is 5.69 Å². The van der Waals surface area contributed by atoms with Gasteiger partial charge in [0.05, 0.1) is 12.1 Å². The van der Waals surface area contributed by atoms with Crippen LogP contribution in [0.2, 0.25) is 0 Å². The number of amides is 1. The molecular weight excluding hydrogens is 297 g/mol. The van der Waals surface area contributed by atoms with Crippen LogP contribution in [0.5, 0.6) is 0 Å². The Kier molecular flexibility index (Phi) is 4.09. The lowest BCUT2D eigenvalue weighted by Crippen LogP contribution is -2.15. The quantitative estimate of drug-likeness (QED) is 0.802. The zero-order chi connectivity index (χ0) is 16.2. The van der Waals surface area contributed by atoms with E-state index >= 15 is 0 Å². The Hall–Kier alpha value is -3.09. The van der Waals surface area contributed by atoms with E-state index in [4.69, 9.17) is 0 Å². The summed E-state index contributed by atoms with van der Waals surface area (Å²) in [6.45, 7) is 1.88. The van der Waals surface area contributed by atoms with Crippen molar-refractivity contribution in [3.63, 3.8) is 0 Å². The number of nitrogens with one attached hydrogen (secondary N) is 1. The highest BCUT2D eigenvalue weighted by Gasteiger charge is 2.10. The van der Waals surface area contributed by atoms with Gasteiger partial charge in [-0.1, -0.05) is 18.2 Å². The van der Waals surface area contributed by atoms with E-state index in [2.05, 4.69) is 20.8 Å². The van der Waals surface area contributed by atoms with Crippen molar-refractivity contribution in [2.75, 3.05) is 5.32 Å². The van der Waals surface area contributed by atoms with E-state index in [1.807, 2.05) is 25.1 Å². The highest BCUT2D eigenvalue weighted by Crippen LogP contribution is 2.21. The predicted molar refractivity (Wildman–Crippen MR) is 82.6 cm³/mol. The summed E-state index contributed by atoms with van der Waals surface area (Å²) in [7, 11) is 0. The summed E-state index contributed by atoms with van der Waals surface area (Å²) in [5, 5.41) is 13.9. The number of anilines is 1. The highest BCUT2D eigenvalue weighted by molar-refractivity contribution is 5.93. The molecule has 1 amide bonds. The molecule has 7 heteroatoms. The van der Waals surface area contributed by atoms with Crippen LogP contribution in [0.3, 0.4) is 0 Å². The summed E-state index contributed by atoms with van der Waals surface area (Å²) >= 11 is 0. The van der Waals surface area contributed by atoms with Crippen molar-refractivity contribution in [3.05, 3.63) is 65.7 Å². The van der Waals surface area contributed by atoms with E-state index in [1.165, 1.54) is 23.1 Å². The molecule has 1 aromatic heterocycles. The summed E-state index contributed by atoms with van der Waals surface area (Å²) in [6.07, 6.45) is 1.67. The van der Waals surface area contributed by atoms with E-state index in [0.717, 1.165) is 16.8 Å². The van der Waals surface area contributed by atoms with Gasteiger partial charge >= 0.3 is 0 Å². The molecule has 0 spiro atoms. The second-order valence-electron chi connectivity index (χ2n) is 5.06. The van der Waals surface area contributed by atoms with Crippen molar-refractivity contribution in [3.8, 4) is 5.69 Å². The third kappa shape index (κ3) is 3.39. The Morgan fingerprint density at radius 3 is 2.70 bits per heavy atom. The molecule has 0 radical (unpaired) electrons. The zero-order valence-electron chi connectivity index (χ0n) is 12.4. The molecule has 0 aliphatic rings. The first-order valence-electron chi connectivity index (χ1n) is 7.01. The second-order valence-corrected chi connectivity index (χ2v) is 5.06. The molecule has 3 aromatic rings. The monoisotopic (exact) mass is 311 g/mol. The lowest BCUT2D eigenvalue weighted by atomic mass is 10.1. The first-order chi connectivity index (χ1) is 11.1. The van der Waals surface area contributed by atoms with Crippen molar-refractivity contribution in [1.29, 1.82) is 0 Å². The van der Waals surface area contributed by atoms with E-state index in [-0.39, 0.29) is 18.1 Å². The van der Waals surface area contributed by atoms with Crippen LogP contribution >= 0.6 is 0 Å². The molecule has 1 N–H and O–H groups in total. The van der Waals surface area contributed by atoms with Gasteiger partial charge in [0.2, 0.25) is 5.91 Å². The Morgan fingerprint density at radius 2 is 2.00 bits per heavy atom. The van der Waals surface area contributed by atoms with Crippen LogP contribution in [0.15, 0.2) is 48.8 Å². The normalized spacial score (nSPS) is 10.5. The largest absolute Gasteiger partial charge is 0.325 e. The lowest BCUT2D eigenvalue weighted by molar-refractivity contribution is -0.115. The number of carbonyl (C=O) groups is 1. The number of rotatable bonds is 4. The topological polar surface area (TPSA) is 72.7 Å². The fraction of sp³-hybridized carbons (Fsp3) is 0.125. The van der Waals surface area contributed by atoms with E-state index in [9.17, 15) is 9.18 Å². The van der Waals surface area contributed by atoms with Crippen LogP contribution in [-0.2, 0) is 11.2 Å². The third-order valence-corrected chi connectivity index (χ3v) is 3.45. The molecular formula is C16H14FN5O. The van der Waals surface area contributed by atoms with Crippen molar-refractivity contribution >= 4 is 11.6 Å². The average molecular weight is 311 g/mol. The van der Waals surface area contributed by atoms with Crippen molar-refractivity contribution in [1.82, 2.24) is 20.2 Å². The number of halogens is 1. The van der Waals surface area contributed by atoms with Crippen molar-refractivity contribution < 1.29 is 9.18 Å². The molecule has 0 aliphatic carbocycles. The summed E-state index contributed by atoms with van der Waals surface area (Å²) in [6, 6.07) is 11.4. The van der Waals surface area contributed by atoms with Crippen LogP contribution in [0, 0.1) is 12.7 Å². The standard InChI is InChI=1S/C16H14FN5O/c1-11-14(3-2-4-15(11)22-10-18-20-21-22)19-16(23)9-12-5-7-13(17)8-6-12/h2-8,10H,9H2,1H3,(H,19,23). The number of benzene rings is 2. The van der Waals surface area contributed by atoms with E-state index < -0.39 is 0 Å². The Labute approximate surface area is 132 Å². The van der Waals surface area contributed by atoms with Crippen LogP contribution < -0.4 is 5.32 Å². The third-order valence-electron chi connectivity index (χ3n) is 3.45. The first-order valence-corrected chi connectivity index (χ1v) is 7.01. The Bertz CT molecular complexity index is 815. The van der Waals surface area contributed by atoms with Gasteiger partial charge in [-0.25, -0.2) is 9.07 Å². The molecule has 23 heavy (non-hydrogen) atoms. The molecule has 116 valence electrons. The maximum atomic E-state index is 12.9. The number of tetrazole rings is 1. The number of aromatic nitrogens is 4. The smallest absolute Gasteiger partial charge is 0.228 e. The van der Waals surface area contributed by atoms with Crippen molar-refractivity contribution in [2.45, 2.75) is 13.3 Å². The molecule has 0 unspecified atom stereocenters. The maximum Gasteiger partial charge on any atom is 0.228 e. The minimum atomic E-state index is -0.320. The van der Waals surface area contributed by atoms with Crippen molar-refractivity contribution in [2.24, 2.45) is 0 Å². The van der Waals surface area contributed by atoms with Gasteiger partial charge in [0.1, 0.15) is 12.1 Å². The molecule has 0 atom stereocenters. The molecule has 3 rings (SSSR count). The summed E-state index contributed by atoms with van der Waals surface area (Å²) in [5.41, 5.74) is 3.07. The minimum absolute atomic E-state index is 0.173. The molecule has 6 nitrogen and oxygen atoms in total. The number of hydrogen-bond donors (Lipinski definition) is 1. The van der Waals surface area contributed by atoms with Gasteiger partial charge in [0, 0.05) is 5.69 Å². The van der Waals surface area contributed by atoms with Crippen LogP contribution in [0.25, 0.3) is 5.69 Å². The van der Waals surface area contributed by atoms with Gasteiger partial charge in [0.15, 0.2) is 0 Å². The van der Waals surface area contributed by atoms with Gasteiger partial charge in [-0.05, 0) is 52.7 Å². The molecule has 1 heterocycles. The van der Waals surface area contributed by atoms with Gasteiger partial charge < -0.3 is 5.32 Å². The van der Waals surface area contributed by atoms with Gasteiger partial charge in [-0.3, -0.25) is 4.79 Å². The fourth-order valence-corrected chi connectivity index (χ4v) is 2.26. The number of nitrogens with zero attached hydrogens (tertiary/aromatic N) is 4. The molecule has 0 aliphatic heterocycles. The van der Waals surface area contributed by atoms with Crippen LogP contribution in [-0.4, -0.2) is 26.1 Å². The first kappa shape index (κ1) is 14.8. The summed E-state index contributed by atoms with van der Waals surface area (Å²) < 4.78 is 14.4. The zero-order valence-corrected chi connectivity index (χ0v) is 12.4. The minimum Gasteiger partial charge on any atom is -0.325 e. The van der Waals surface area contributed by atoms with E-state index in [1.54, 1.807) is 12.1 Å². The Morgan fingerprint density at radius 1 is 1.22 bits per heavy atom. The SMILES string of the molecule is Cc1c(NC(=O)Cc2ccc(F)cc2)cccc1-n1cnnn1. The summed E-state index contributed by atoms with van der Waals surface area (Å²) in [4.78, 5) is 12.2. The maximum absolute atomic E-state index is 12.9. The highest BCUT2D eigenvalue weighted by atomic mass is 19.1. The number of hydrogen-bond acceptors (Lipinski definition) is 4. The van der Waals surface area contributed by atoms with Gasteiger partial charge in [0.25, 0.3) is 0 Å². The fourth-order valence-electron chi connectivity index (χ4n) is 2.26. The summed E-state index contributed by atoms with van der Waals surface area (Å²) in [5.74, 6) is -0.493. The van der Waals surface area contributed by atoms with Crippen LogP contribution in [0.4, 0.5) is 10.1 Å². The molecule has 0 saturated carbocycles. The second kappa shape index (κ2) is 6.35. The van der Waals surface area contributed by atoms with Gasteiger partial charge in [-0.15, -0.1) is 5.10 Å². The molecule has 0 bridgehead atoms. The predicted octanol–water partition coefficient (Wildman–Crippen LogP) is 2.29. The molecule has 0 fully saturated rings. The number of carbonyl (C=O) groups excluding carboxylic acids is 1. The van der Waals surface area contributed by atoms with Gasteiger partial charge in [-0.2, -0.15) is 0 Å². The average Bonchev–Trinajstić information content (AvgIpc) is 3.06. The molecule has 2 aromatic carbocycles.